The molecule has 1 aromatic carbocycles. The molecule has 2 saturated heterocycles. The highest BCUT2D eigenvalue weighted by atomic mass is 16.3. The van der Waals surface area contributed by atoms with E-state index in [1.54, 1.807) is 4.90 Å². The van der Waals surface area contributed by atoms with Crippen LogP contribution in [0.5, 0.6) is 0 Å². The van der Waals surface area contributed by atoms with Crippen molar-refractivity contribution in [2.24, 2.45) is 5.92 Å². The van der Waals surface area contributed by atoms with Crippen molar-refractivity contribution in [1.82, 2.24) is 9.80 Å². The molecule has 134 valence electrons. The Morgan fingerprint density at radius 3 is 2.60 bits per heavy atom. The normalized spacial score (nSPS) is 26.1. The lowest BCUT2D eigenvalue weighted by molar-refractivity contribution is -0.133. The molecule has 25 heavy (non-hydrogen) atoms. The van der Waals surface area contributed by atoms with Crippen LogP contribution >= 0.6 is 0 Å². The monoisotopic (exact) mass is 340 g/mol. The molecule has 4 nitrogen and oxygen atoms in total. The van der Waals surface area contributed by atoms with Gasteiger partial charge < -0.3 is 14.9 Å². The fourth-order valence-corrected chi connectivity index (χ4v) is 4.68. The topological polar surface area (TPSA) is 43.8 Å². The average molecular weight is 340 g/mol. The van der Waals surface area contributed by atoms with Crippen LogP contribution < -0.4 is 0 Å². The van der Waals surface area contributed by atoms with Gasteiger partial charge in [-0.05, 0) is 61.4 Å². The molecule has 1 amide bonds. The van der Waals surface area contributed by atoms with Gasteiger partial charge in [-0.2, -0.15) is 0 Å². The van der Waals surface area contributed by atoms with Crippen molar-refractivity contribution in [3.8, 4) is 0 Å². The lowest BCUT2D eigenvalue weighted by atomic mass is 9.86. The van der Waals surface area contributed by atoms with Crippen molar-refractivity contribution in [2.75, 3.05) is 39.3 Å². The molecular formula is C21H28N2O2. The molecule has 1 aliphatic carbocycles. The van der Waals surface area contributed by atoms with E-state index in [4.69, 9.17) is 5.11 Å². The van der Waals surface area contributed by atoms with Gasteiger partial charge in [0.05, 0.1) is 0 Å². The molecule has 1 aromatic rings. The Morgan fingerprint density at radius 1 is 1.12 bits per heavy atom. The van der Waals surface area contributed by atoms with Crippen LogP contribution in [-0.4, -0.2) is 60.1 Å². The fraction of sp³-hybridized carbons (Fsp3) is 0.571. The number of rotatable bonds is 5. The molecule has 4 heteroatoms. The van der Waals surface area contributed by atoms with Crippen molar-refractivity contribution in [3.05, 3.63) is 47.0 Å². The number of aliphatic hydroxyl groups is 1. The highest BCUT2D eigenvalue weighted by Crippen LogP contribution is 2.43. The summed E-state index contributed by atoms with van der Waals surface area (Å²) in [5.41, 5.74) is 4.19. The summed E-state index contributed by atoms with van der Waals surface area (Å²) in [6.07, 6.45) is 7.23. The van der Waals surface area contributed by atoms with Gasteiger partial charge in [-0.15, -0.1) is 0 Å². The number of carbonyl (C=O) groups is 1. The third-order valence-corrected chi connectivity index (χ3v) is 6.20. The number of hydrogen-bond acceptors (Lipinski definition) is 3. The van der Waals surface area contributed by atoms with E-state index in [-0.39, 0.29) is 12.5 Å². The Morgan fingerprint density at radius 2 is 1.88 bits per heavy atom. The van der Waals surface area contributed by atoms with Crippen LogP contribution in [0.2, 0.25) is 0 Å². The minimum absolute atomic E-state index is 0.147. The van der Waals surface area contributed by atoms with Crippen LogP contribution in [0.25, 0.3) is 0 Å². The van der Waals surface area contributed by atoms with Crippen molar-refractivity contribution in [1.29, 1.82) is 0 Å². The zero-order valence-electron chi connectivity index (χ0n) is 14.9. The summed E-state index contributed by atoms with van der Waals surface area (Å²) in [5, 5.41) is 9.09. The van der Waals surface area contributed by atoms with Gasteiger partial charge in [0, 0.05) is 25.6 Å². The van der Waals surface area contributed by atoms with E-state index in [9.17, 15) is 4.79 Å². The van der Waals surface area contributed by atoms with Crippen LogP contribution in [-0.2, 0) is 11.2 Å². The molecule has 0 spiro atoms. The predicted octanol–water partition coefficient (Wildman–Crippen LogP) is 2.19. The second-order valence-corrected chi connectivity index (χ2v) is 7.70. The smallest absolute Gasteiger partial charge is 0.248 e. The maximum Gasteiger partial charge on any atom is 0.248 e. The van der Waals surface area contributed by atoms with E-state index in [0.717, 1.165) is 19.4 Å². The highest BCUT2D eigenvalue weighted by Gasteiger charge is 2.38. The number of amides is 1. The van der Waals surface area contributed by atoms with Crippen LogP contribution in [0.3, 0.4) is 0 Å². The number of carbonyl (C=O) groups excluding carboxylic acids is 1. The Bertz CT molecular complexity index is 646. The van der Waals surface area contributed by atoms with Crippen LogP contribution in [0.1, 0.15) is 36.3 Å². The Labute approximate surface area is 150 Å². The van der Waals surface area contributed by atoms with Gasteiger partial charge in [0.1, 0.15) is 6.61 Å². The molecule has 0 radical (unpaired) electrons. The summed E-state index contributed by atoms with van der Waals surface area (Å²) in [4.78, 5) is 16.1. The molecular weight excluding hydrogens is 312 g/mol. The van der Waals surface area contributed by atoms with E-state index in [1.807, 2.05) is 0 Å². The van der Waals surface area contributed by atoms with Gasteiger partial charge in [0.2, 0.25) is 5.91 Å². The molecule has 2 atom stereocenters. The van der Waals surface area contributed by atoms with E-state index in [0.29, 0.717) is 18.4 Å². The SMILES string of the molecule is O=C(CO)N1CC2=CCC(c3ccc(CCN4CCCC4)cc3)C2C1. The molecule has 2 fully saturated rings. The number of nitrogens with zero attached hydrogens (tertiary/aromatic N) is 2. The Kier molecular flexibility index (Phi) is 4.91. The maximum atomic E-state index is 11.8. The summed E-state index contributed by atoms with van der Waals surface area (Å²) in [7, 11) is 0. The molecule has 1 N–H and O–H groups in total. The second-order valence-electron chi connectivity index (χ2n) is 7.70. The first-order valence-electron chi connectivity index (χ1n) is 9.63. The van der Waals surface area contributed by atoms with Crippen molar-refractivity contribution in [3.63, 3.8) is 0 Å². The summed E-state index contributed by atoms with van der Waals surface area (Å²) in [5.74, 6) is 0.774. The summed E-state index contributed by atoms with van der Waals surface area (Å²) < 4.78 is 0. The first-order valence-corrected chi connectivity index (χ1v) is 9.63. The van der Waals surface area contributed by atoms with E-state index >= 15 is 0 Å². The largest absolute Gasteiger partial charge is 0.387 e. The molecule has 2 unspecified atom stereocenters. The Balaban J connectivity index is 1.37. The van der Waals surface area contributed by atoms with Gasteiger partial charge in [-0.1, -0.05) is 30.3 Å². The summed E-state index contributed by atoms with van der Waals surface area (Å²) in [6.45, 7) is 4.78. The maximum absolute atomic E-state index is 11.8. The van der Waals surface area contributed by atoms with Crippen LogP contribution in [0.4, 0.5) is 0 Å². The van der Waals surface area contributed by atoms with E-state index in [1.165, 1.54) is 49.2 Å². The predicted molar refractivity (Wildman–Crippen MR) is 98.4 cm³/mol. The average Bonchev–Trinajstić information content (AvgIpc) is 3.36. The van der Waals surface area contributed by atoms with Crippen molar-refractivity contribution >= 4 is 5.91 Å². The minimum Gasteiger partial charge on any atom is -0.387 e. The van der Waals surface area contributed by atoms with E-state index in [2.05, 4.69) is 35.2 Å². The molecule has 3 aliphatic rings. The number of benzene rings is 1. The van der Waals surface area contributed by atoms with Gasteiger partial charge in [-0.25, -0.2) is 0 Å². The van der Waals surface area contributed by atoms with Crippen LogP contribution in [0.15, 0.2) is 35.9 Å². The zero-order chi connectivity index (χ0) is 17.2. The first-order chi connectivity index (χ1) is 12.2. The molecule has 0 aromatic heterocycles. The fourth-order valence-electron chi connectivity index (χ4n) is 4.68. The number of fused-ring (bicyclic) bond motifs is 1. The van der Waals surface area contributed by atoms with Gasteiger partial charge in [0.15, 0.2) is 0 Å². The number of hydrogen-bond donors (Lipinski definition) is 1. The number of aliphatic hydroxyl groups excluding tert-OH is 1. The van der Waals surface area contributed by atoms with Crippen LogP contribution in [0, 0.1) is 5.92 Å². The van der Waals surface area contributed by atoms with Gasteiger partial charge >= 0.3 is 0 Å². The molecule has 2 aliphatic heterocycles. The highest BCUT2D eigenvalue weighted by molar-refractivity contribution is 5.78. The third kappa shape index (κ3) is 3.51. The number of likely N-dealkylation sites (tertiary alicyclic amines) is 2. The van der Waals surface area contributed by atoms with Gasteiger partial charge in [-0.3, -0.25) is 4.79 Å². The molecule has 4 rings (SSSR count). The molecule has 0 saturated carbocycles. The lowest BCUT2D eigenvalue weighted by Crippen LogP contribution is -2.31. The molecule has 2 heterocycles. The number of allylic oxidation sites excluding steroid dienone is 1. The quantitative estimate of drug-likeness (QED) is 0.836. The Hall–Kier alpha value is -1.65. The molecule has 0 bridgehead atoms. The van der Waals surface area contributed by atoms with Crippen molar-refractivity contribution < 1.29 is 9.90 Å². The first kappa shape index (κ1) is 16.8. The standard InChI is InChI=1S/C21H28N2O2/c24-15-21(25)23-13-18-7-8-19(20(18)14-23)17-5-3-16(4-6-17)9-12-22-10-1-2-11-22/h3-7,19-20,24H,1-2,8-15H2. The second kappa shape index (κ2) is 7.30. The van der Waals surface area contributed by atoms with Gasteiger partial charge in [0.25, 0.3) is 0 Å². The van der Waals surface area contributed by atoms with E-state index < -0.39 is 0 Å². The lowest BCUT2D eigenvalue weighted by Gasteiger charge is -2.21. The zero-order valence-corrected chi connectivity index (χ0v) is 14.9. The van der Waals surface area contributed by atoms with Crippen molar-refractivity contribution in [2.45, 2.75) is 31.6 Å². The third-order valence-electron chi connectivity index (χ3n) is 6.20. The minimum atomic E-state index is -0.379. The summed E-state index contributed by atoms with van der Waals surface area (Å²) >= 11 is 0. The summed E-state index contributed by atoms with van der Waals surface area (Å²) in [6, 6.07) is 9.15.